The molecule has 0 radical (unpaired) electrons. The molecule has 0 fully saturated rings. The Bertz CT molecular complexity index is 932. The van der Waals surface area contributed by atoms with Crippen molar-refractivity contribution in [3.8, 4) is 11.3 Å². The van der Waals surface area contributed by atoms with Gasteiger partial charge in [-0.25, -0.2) is 0 Å². The lowest BCUT2D eigenvalue weighted by Crippen LogP contribution is -2.34. The molecule has 0 aliphatic carbocycles. The molecule has 0 unspecified atom stereocenters. The smallest absolute Gasteiger partial charge is 0.257 e. The Balaban J connectivity index is 1.61. The van der Waals surface area contributed by atoms with Gasteiger partial charge in [0.2, 0.25) is 0 Å². The maximum absolute atomic E-state index is 12.2. The van der Waals surface area contributed by atoms with Crippen molar-refractivity contribution in [2.24, 2.45) is 0 Å². The third kappa shape index (κ3) is 4.36. The molecular weight excluding hydrogens is 348 g/mol. The normalized spacial score (nSPS) is 10.4. The third-order valence-electron chi connectivity index (χ3n) is 3.75. The molecule has 0 saturated heterocycles. The lowest BCUT2D eigenvalue weighted by atomic mass is 10.1. The highest BCUT2D eigenvalue weighted by atomic mass is 32.1. The zero-order chi connectivity index (χ0) is 18.5. The number of rotatable bonds is 4. The topological polar surface area (TPSA) is 74.5 Å². The van der Waals surface area contributed by atoms with Crippen LogP contribution in [0, 0.1) is 6.92 Å². The van der Waals surface area contributed by atoms with Crippen LogP contribution in [0.5, 0.6) is 0 Å². The molecule has 6 heteroatoms. The monoisotopic (exact) mass is 366 g/mol. The van der Waals surface area contributed by atoms with Gasteiger partial charge in [0.25, 0.3) is 5.91 Å². The Morgan fingerprint density at radius 1 is 1.12 bits per heavy atom. The molecule has 0 aliphatic rings. The van der Waals surface area contributed by atoms with Gasteiger partial charge in [-0.3, -0.25) is 10.1 Å². The van der Waals surface area contributed by atoms with Gasteiger partial charge in [-0.15, -0.1) is 0 Å². The number of carbonyl (C=O) groups is 1. The van der Waals surface area contributed by atoms with Gasteiger partial charge in [-0.1, -0.05) is 17.7 Å². The van der Waals surface area contributed by atoms with E-state index in [2.05, 4.69) is 10.6 Å². The number of hydrogen-bond donors (Lipinski definition) is 3. The molecule has 1 amide bonds. The van der Waals surface area contributed by atoms with Crippen LogP contribution in [0.15, 0.2) is 65.1 Å². The summed E-state index contributed by atoms with van der Waals surface area (Å²) < 4.78 is 5.50. The molecule has 26 heavy (non-hydrogen) atoms. The van der Waals surface area contributed by atoms with E-state index in [-0.39, 0.29) is 17.6 Å². The molecule has 5 nitrogen and oxygen atoms in total. The van der Waals surface area contributed by atoms with Crippen molar-refractivity contribution >= 4 is 28.9 Å². The van der Waals surface area contributed by atoms with Crippen LogP contribution in [0.25, 0.3) is 11.3 Å². The molecule has 132 valence electrons. The molecule has 0 bridgehead atoms. The van der Waals surface area contributed by atoms with Crippen molar-refractivity contribution in [1.82, 2.24) is 5.32 Å². The number of anilines is 1. The molecular formula is C20H18N2O3S. The summed E-state index contributed by atoms with van der Waals surface area (Å²) in [4.78, 5) is 12.2. The zero-order valence-corrected chi connectivity index (χ0v) is 15.0. The number of carbonyl (C=O) groups excluding carboxylic acids is 1. The zero-order valence-electron chi connectivity index (χ0n) is 14.2. The number of nitrogens with one attached hydrogen (secondary N) is 2. The minimum atomic E-state index is -0.255. The second-order valence-electron chi connectivity index (χ2n) is 5.78. The minimum absolute atomic E-state index is 0.130. The van der Waals surface area contributed by atoms with Crippen LogP contribution in [-0.2, 0) is 6.61 Å². The molecule has 0 saturated carbocycles. The summed E-state index contributed by atoms with van der Waals surface area (Å²) in [6.45, 7) is 1.80. The fourth-order valence-electron chi connectivity index (χ4n) is 2.46. The average molecular weight is 366 g/mol. The van der Waals surface area contributed by atoms with E-state index in [1.807, 2.05) is 43.3 Å². The van der Waals surface area contributed by atoms with Crippen LogP contribution >= 0.6 is 12.2 Å². The molecule has 3 aromatic rings. The van der Waals surface area contributed by atoms with Crippen LogP contribution < -0.4 is 10.6 Å². The number of thiocarbonyl (C=S) groups is 1. The van der Waals surface area contributed by atoms with Gasteiger partial charge in [-0.2, -0.15) is 0 Å². The van der Waals surface area contributed by atoms with Gasteiger partial charge in [0.05, 0.1) is 0 Å². The number of amides is 1. The van der Waals surface area contributed by atoms with E-state index in [1.165, 1.54) is 0 Å². The predicted molar refractivity (Wildman–Crippen MR) is 105 cm³/mol. The maximum Gasteiger partial charge on any atom is 0.257 e. The Morgan fingerprint density at radius 2 is 1.88 bits per heavy atom. The Labute approximate surface area is 156 Å². The molecule has 3 N–H and O–H groups in total. The first-order valence-electron chi connectivity index (χ1n) is 8.04. The lowest BCUT2D eigenvalue weighted by molar-refractivity contribution is 0.0977. The number of hydrogen-bond acceptors (Lipinski definition) is 4. The van der Waals surface area contributed by atoms with Crippen molar-refractivity contribution in [1.29, 1.82) is 0 Å². The van der Waals surface area contributed by atoms with Crippen LogP contribution in [-0.4, -0.2) is 16.1 Å². The van der Waals surface area contributed by atoms with Gasteiger partial charge in [0, 0.05) is 16.8 Å². The molecule has 1 heterocycles. The summed E-state index contributed by atoms with van der Waals surface area (Å²) in [7, 11) is 0. The number of aliphatic hydroxyl groups is 1. The van der Waals surface area contributed by atoms with Gasteiger partial charge in [0.1, 0.15) is 18.1 Å². The summed E-state index contributed by atoms with van der Waals surface area (Å²) in [6.07, 6.45) is 0. The van der Waals surface area contributed by atoms with Crippen LogP contribution in [0.4, 0.5) is 5.69 Å². The standard InChI is InChI=1S/C20H18N2O3S/c1-13-3-2-4-15(11-13)19(24)22-20(26)21-16-7-5-14(6-8-16)18-10-9-17(12-23)25-18/h2-11,23H,12H2,1H3,(H2,21,22,24,26). The quantitative estimate of drug-likeness (QED) is 0.611. The number of aryl methyl sites for hydroxylation is 1. The van der Waals surface area contributed by atoms with Crippen LogP contribution in [0.1, 0.15) is 21.7 Å². The van der Waals surface area contributed by atoms with Crippen LogP contribution in [0.3, 0.4) is 0 Å². The fourth-order valence-corrected chi connectivity index (χ4v) is 2.67. The SMILES string of the molecule is Cc1cccc(C(=O)NC(=S)Nc2ccc(-c3ccc(CO)o3)cc2)c1. The number of aliphatic hydroxyl groups excluding tert-OH is 1. The fraction of sp³-hybridized carbons (Fsp3) is 0.100. The first kappa shape index (κ1) is 17.8. The molecule has 2 aromatic carbocycles. The second kappa shape index (κ2) is 7.95. The molecule has 0 atom stereocenters. The predicted octanol–water partition coefficient (Wildman–Crippen LogP) is 3.87. The highest BCUT2D eigenvalue weighted by molar-refractivity contribution is 7.80. The summed E-state index contributed by atoms with van der Waals surface area (Å²) in [5.74, 6) is 0.938. The van der Waals surface area contributed by atoms with E-state index in [9.17, 15) is 4.79 Å². The Morgan fingerprint density at radius 3 is 2.54 bits per heavy atom. The van der Waals surface area contributed by atoms with Crippen molar-refractivity contribution in [3.63, 3.8) is 0 Å². The molecule has 0 spiro atoms. The first-order valence-corrected chi connectivity index (χ1v) is 8.45. The van der Waals surface area contributed by atoms with Crippen molar-refractivity contribution in [2.45, 2.75) is 13.5 Å². The summed E-state index contributed by atoms with van der Waals surface area (Å²) >= 11 is 5.20. The molecule has 3 rings (SSSR count). The van der Waals surface area contributed by atoms with E-state index in [0.717, 1.165) is 16.8 Å². The second-order valence-corrected chi connectivity index (χ2v) is 6.19. The van der Waals surface area contributed by atoms with E-state index >= 15 is 0 Å². The van der Waals surface area contributed by atoms with E-state index in [0.29, 0.717) is 17.1 Å². The van der Waals surface area contributed by atoms with Crippen molar-refractivity contribution in [2.75, 3.05) is 5.32 Å². The Kier molecular flexibility index (Phi) is 5.46. The highest BCUT2D eigenvalue weighted by Crippen LogP contribution is 2.23. The summed E-state index contributed by atoms with van der Waals surface area (Å²) in [5.41, 5.74) is 3.19. The van der Waals surface area contributed by atoms with Gasteiger partial charge in [0.15, 0.2) is 5.11 Å². The van der Waals surface area contributed by atoms with Crippen LogP contribution in [0.2, 0.25) is 0 Å². The largest absolute Gasteiger partial charge is 0.459 e. The van der Waals surface area contributed by atoms with E-state index < -0.39 is 0 Å². The van der Waals surface area contributed by atoms with Crippen molar-refractivity contribution < 1.29 is 14.3 Å². The van der Waals surface area contributed by atoms with E-state index in [4.69, 9.17) is 21.7 Å². The Hall–Kier alpha value is -2.96. The van der Waals surface area contributed by atoms with Crippen molar-refractivity contribution in [3.05, 3.63) is 77.6 Å². The van der Waals surface area contributed by atoms with E-state index in [1.54, 1.807) is 24.3 Å². The third-order valence-corrected chi connectivity index (χ3v) is 3.96. The summed E-state index contributed by atoms with van der Waals surface area (Å²) in [6, 6.07) is 18.2. The van der Waals surface area contributed by atoms with Gasteiger partial charge < -0.3 is 14.8 Å². The summed E-state index contributed by atoms with van der Waals surface area (Å²) in [5, 5.41) is 14.9. The number of furan rings is 1. The molecule has 0 aliphatic heterocycles. The number of benzene rings is 2. The maximum atomic E-state index is 12.2. The van der Waals surface area contributed by atoms with Gasteiger partial charge in [-0.05, 0) is 67.7 Å². The lowest BCUT2D eigenvalue weighted by Gasteiger charge is -2.10. The molecule has 1 aromatic heterocycles. The highest BCUT2D eigenvalue weighted by Gasteiger charge is 2.09. The van der Waals surface area contributed by atoms with Gasteiger partial charge >= 0.3 is 0 Å². The first-order chi connectivity index (χ1) is 12.5. The minimum Gasteiger partial charge on any atom is -0.459 e. The average Bonchev–Trinajstić information content (AvgIpc) is 3.11.